The second kappa shape index (κ2) is 9.73. The number of amides is 2. The molecule has 0 atom stereocenters. The van der Waals surface area contributed by atoms with E-state index < -0.39 is 0 Å². The van der Waals surface area contributed by atoms with Crippen LogP contribution in [0.25, 0.3) is 11.0 Å². The van der Waals surface area contributed by atoms with Gasteiger partial charge in [-0.15, -0.1) is 11.8 Å². The van der Waals surface area contributed by atoms with E-state index in [0.29, 0.717) is 13.1 Å². The number of nitrogens with zero attached hydrogens (tertiary/aromatic N) is 3. The predicted octanol–water partition coefficient (Wildman–Crippen LogP) is 5.20. The Kier molecular flexibility index (Phi) is 6.79. The van der Waals surface area contributed by atoms with Crippen molar-refractivity contribution in [2.45, 2.75) is 51.1 Å². The van der Waals surface area contributed by atoms with Gasteiger partial charge in [0.05, 0.1) is 22.4 Å². The Balaban J connectivity index is 1.73. The lowest BCUT2D eigenvalue weighted by Crippen LogP contribution is -2.31. The highest BCUT2D eigenvalue weighted by Crippen LogP contribution is 2.33. The maximum absolute atomic E-state index is 12.9. The number of carbonyl (C=O) groups excluding carboxylic acids is 1. The molecule has 4 rings (SSSR count). The summed E-state index contributed by atoms with van der Waals surface area (Å²) in [5.74, 6) is 0. The number of hydrogen-bond acceptors (Lipinski definition) is 4. The van der Waals surface area contributed by atoms with Crippen LogP contribution in [-0.2, 0) is 13.1 Å². The summed E-state index contributed by atoms with van der Waals surface area (Å²) < 4.78 is 3.58. The molecule has 0 spiro atoms. The standard InChI is InChI=1S/C24H31N5O2S/c1-4-28-21-15-19(26-23(30)25-17-10-9-11-18(14-17)32-3)20(27-12-7-6-8-13-27)16-22(21)29(5-2)24(28)31/h9-11,14-16H,4-8,12-13H2,1-3H3,(H2,25,26,30). The number of rotatable bonds is 6. The molecule has 1 aliphatic heterocycles. The second-order valence-corrected chi connectivity index (χ2v) is 8.87. The molecule has 0 aliphatic carbocycles. The van der Waals surface area contributed by atoms with E-state index in [1.807, 2.05) is 55.0 Å². The molecule has 1 saturated heterocycles. The lowest BCUT2D eigenvalue weighted by molar-refractivity contribution is 0.262. The van der Waals surface area contributed by atoms with Crippen molar-refractivity contribution < 1.29 is 4.79 Å². The van der Waals surface area contributed by atoms with Crippen LogP contribution in [0.5, 0.6) is 0 Å². The number of nitrogens with one attached hydrogen (secondary N) is 2. The van der Waals surface area contributed by atoms with Gasteiger partial charge in [0.25, 0.3) is 0 Å². The van der Waals surface area contributed by atoms with E-state index >= 15 is 0 Å². The van der Waals surface area contributed by atoms with Gasteiger partial charge in [0.1, 0.15) is 0 Å². The van der Waals surface area contributed by atoms with E-state index in [-0.39, 0.29) is 11.7 Å². The van der Waals surface area contributed by atoms with Gasteiger partial charge in [-0.25, -0.2) is 9.59 Å². The van der Waals surface area contributed by atoms with Crippen LogP contribution in [0.2, 0.25) is 0 Å². The molecule has 32 heavy (non-hydrogen) atoms. The SMILES string of the molecule is CCn1c(=O)n(CC)c2cc(N3CCCCC3)c(NC(=O)Nc3cccc(SC)c3)cc21. The number of carbonyl (C=O) groups is 1. The average molecular weight is 454 g/mol. The van der Waals surface area contributed by atoms with Gasteiger partial charge in [-0.1, -0.05) is 6.07 Å². The molecular weight excluding hydrogens is 422 g/mol. The van der Waals surface area contributed by atoms with Crippen molar-refractivity contribution in [3.8, 4) is 0 Å². The third-order valence-electron chi connectivity index (χ3n) is 6.04. The number of aromatic nitrogens is 2. The Morgan fingerprint density at radius 3 is 2.31 bits per heavy atom. The molecule has 2 heterocycles. The number of imidazole rings is 1. The topological polar surface area (TPSA) is 71.3 Å². The summed E-state index contributed by atoms with van der Waals surface area (Å²) in [5, 5.41) is 6.00. The minimum absolute atomic E-state index is 0.00919. The first-order valence-electron chi connectivity index (χ1n) is 11.3. The second-order valence-electron chi connectivity index (χ2n) is 7.99. The number of piperidine rings is 1. The molecule has 1 fully saturated rings. The number of thioether (sulfide) groups is 1. The van der Waals surface area contributed by atoms with E-state index in [2.05, 4.69) is 21.6 Å². The maximum atomic E-state index is 12.9. The minimum Gasteiger partial charge on any atom is -0.370 e. The molecule has 2 N–H and O–H groups in total. The van der Waals surface area contributed by atoms with E-state index in [1.54, 1.807) is 16.3 Å². The smallest absolute Gasteiger partial charge is 0.329 e. The van der Waals surface area contributed by atoms with Gasteiger partial charge in [0.15, 0.2) is 0 Å². The summed E-state index contributed by atoms with van der Waals surface area (Å²) in [5.41, 5.74) is 4.20. The summed E-state index contributed by atoms with van der Waals surface area (Å²) in [7, 11) is 0. The van der Waals surface area contributed by atoms with Crippen LogP contribution in [0.1, 0.15) is 33.1 Å². The van der Waals surface area contributed by atoms with Gasteiger partial charge in [0, 0.05) is 36.8 Å². The van der Waals surface area contributed by atoms with E-state index in [4.69, 9.17) is 0 Å². The first-order chi connectivity index (χ1) is 15.5. The highest BCUT2D eigenvalue weighted by Gasteiger charge is 2.21. The van der Waals surface area contributed by atoms with Crippen LogP contribution in [-0.4, -0.2) is 34.5 Å². The molecule has 0 radical (unpaired) electrons. The van der Waals surface area contributed by atoms with Crippen molar-refractivity contribution in [2.24, 2.45) is 0 Å². The van der Waals surface area contributed by atoms with Crippen LogP contribution in [0.4, 0.5) is 21.9 Å². The Bertz CT molecular complexity index is 1180. The van der Waals surface area contributed by atoms with E-state index in [9.17, 15) is 9.59 Å². The van der Waals surface area contributed by atoms with Crippen molar-refractivity contribution in [1.82, 2.24) is 9.13 Å². The van der Waals surface area contributed by atoms with Crippen LogP contribution >= 0.6 is 11.8 Å². The summed E-state index contributed by atoms with van der Waals surface area (Å²) >= 11 is 1.63. The summed E-state index contributed by atoms with van der Waals surface area (Å²) in [6, 6.07) is 11.5. The summed E-state index contributed by atoms with van der Waals surface area (Å²) in [6.45, 7) is 7.05. The van der Waals surface area contributed by atoms with Crippen molar-refractivity contribution in [1.29, 1.82) is 0 Å². The first-order valence-corrected chi connectivity index (χ1v) is 12.5. The zero-order chi connectivity index (χ0) is 22.7. The zero-order valence-corrected chi connectivity index (χ0v) is 19.8. The van der Waals surface area contributed by atoms with Crippen molar-refractivity contribution >= 4 is 45.9 Å². The number of fused-ring (bicyclic) bond motifs is 1. The van der Waals surface area contributed by atoms with Gasteiger partial charge in [-0.3, -0.25) is 9.13 Å². The minimum atomic E-state index is -0.291. The molecule has 1 aromatic heterocycles. The normalized spacial score (nSPS) is 14.0. The molecular formula is C24H31N5O2S. The predicted molar refractivity (Wildman–Crippen MR) is 134 cm³/mol. The van der Waals surface area contributed by atoms with Gasteiger partial charge < -0.3 is 15.5 Å². The highest BCUT2D eigenvalue weighted by atomic mass is 32.2. The number of urea groups is 1. The van der Waals surface area contributed by atoms with Crippen LogP contribution < -0.4 is 21.2 Å². The summed E-state index contributed by atoms with van der Waals surface area (Å²) in [4.78, 5) is 29.2. The number of hydrogen-bond donors (Lipinski definition) is 2. The first kappa shape index (κ1) is 22.3. The fraction of sp³-hybridized carbons (Fsp3) is 0.417. The van der Waals surface area contributed by atoms with Gasteiger partial charge in [-0.2, -0.15) is 0 Å². The van der Waals surface area contributed by atoms with Gasteiger partial charge in [0.2, 0.25) is 0 Å². The number of aryl methyl sites for hydroxylation is 2. The van der Waals surface area contributed by atoms with Crippen molar-refractivity contribution in [3.05, 3.63) is 46.9 Å². The van der Waals surface area contributed by atoms with E-state index in [0.717, 1.165) is 58.9 Å². The highest BCUT2D eigenvalue weighted by molar-refractivity contribution is 7.98. The lowest BCUT2D eigenvalue weighted by atomic mass is 10.1. The van der Waals surface area contributed by atoms with Crippen molar-refractivity contribution in [3.63, 3.8) is 0 Å². The fourth-order valence-corrected chi connectivity index (χ4v) is 4.90. The Morgan fingerprint density at radius 1 is 0.969 bits per heavy atom. The molecule has 7 nitrogen and oxygen atoms in total. The third-order valence-corrected chi connectivity index (χ3v) is 6.77. The Hall–Kier alpha value is -2.87. The quantitative estimate of drug-likeness (QED) is 0.503. The van der Waals surface area contributed by atoms with Crippen LogP contribution in [0.15, 0.2) is 46.1 Å². The van der Waals surface area contributed by atoms with Crippen LogP contribution in [0.3, 0.4) is 0 Å². The molecule has 0 saturated carbocycles. The lowest BCUT2D eigenvalue weighted by Gasteiger charge is -2.30. The largest absolute Gasteiger partial charge is 0.370 e. The fourth-order valence-electron chi connectivity index (χ4n) is 4.44. The molecule has 0 unspecified atom stereocenters. The summed E-state index contributed by atoms with van der Waals surface area (Å²) in [6.07, 6.45) is 5.48. The average Bonchev–Trinajstić information content (AvgIpc) is 3.08. The monoisotopic (exact) mass is 453 g/mol. The molecule has 170 valence electrons. The Labute approximate surface area is 192 Å². The Morgan fingerprint density at radius 2 is 1.66 bits per heavy atom. The molecule has 2 amide bonds. The van der Waals surface area contributed by atoms with Gasteiger partial charge in [-0.05, 0) is 69.7 Å². The maximum Gasteiger partial charge on any atom is 0.329 e. The molecule has 3 aromatic rings. The molecule has 1 aliphatic rings. The molecule has 8 heteroatoms. The number of benzene rings is 2. The van der Waals surface area contributed by atoms with Crippen molar-refractivity contribution in [2.75, 3.05) is 34.9 Å². The number of anilines is 3. The third kappa shape index (κ3) is 4.37. The zero-order valence-electron chi connectivity index (χ0n) is 19.0. The van der Waals surface area contributed by atoms with Gasteiger partial charge >= 0.3 is 11.7 Å². The molecule has 0 bridgehead atoms. The van der Waals surface area contributed by atoms with E-state index in [1.165, 1.54) is 6.42 Å². The molecule has 2 aromatic carbocycles. The van der Waals surface area contributed by atoms with Crippen LogP contribution in [0, 0.1) is 0 Å².